The minimum absolute atomic E-state index is 0.0576. The summed E-state index contributed by atoms with van der Waals surface area (Å²) in [5.41, 5.74) is 29.3. The molecule has 1 saturated heterocycles. The van der Waals surface area contributed by atoms with E-state index >= 15 is 0 Å². The van der Waals surface area contributed by atoms with Crippen molar-refractivity contribution in [2.45, 2.75) is 186 Å². The van der Waals surface area contributed by atoms with Gasteiger partial charge in [0.25, 0.3) is 0 Å². The van der Waals surface area contributed by atoms with Crippen LogP contribution in [0.3, 0.4) is 0 Å². The number of ketones is 3. The lowest BCUT2D eigenvalue weighted by Crippen LogP contribution is -2.59. The van der Waals surface area contributed by atoms with Crippen LogP contribution in [0.2, 0.25) is 0 Å². The van der Waals surface area contributed by atoms with E-state index in [2.05, 4.69) is 42.5 Å². The van der Waals surface area contributed by atoms with Gasteiger partial charge in [0.1, 0.15) is 30.8 Å². The van der Waals surface area contributed by atoms with E-state index in [-0.39, 0.29) is 103 Å². The zero-order valence-corrected chi connectivity index (χ0v) is 51.6. The summed E-state index contributed by atoms with van der Waals surface area (Å²) >= 11 is 0. The first-order valence-corrected chi connectivity index (χ1v) is 30.1. The number of benzene rings is 1. The molecular weight excluding hydrogens is 1130 g/mol. The van der Waals surface area contributed by atoms with Gasteiger partial charge in [-0.05, 0) is 123 Å². The molecule has 1 heterocycles. The third-order valence-corrected chi connectivity index (χ3v) is 15.2. The molecule has 2 rings (SSSR count). The number of nitrogens with one attached hydrogen (secondary N) is 8. The van der Waals surface area contributed by atoms with Crippen molar-refractivity contribution in [3.05, 3.63) is 35.9 Å². The first kappa shape index (κ1) is 76.3. The summed E-state index contributed by atoms with van der Waals surface area (Å²) in [7, 11) is 0. The second-order valence-electron chi connectivity index (χ2n) is 23.3. The number of hydrogen-bond donors (Lipinski definition) is 15. The van der Waals surface area contributed by atoms with Gasteiger partial charge in [0, 0.05) is 44.1 Å². The van der Waals surface area contributed by atoms with Gasteiger partial charge in [-0.1, -0.05) is 51.1 Å². The number of carbonyl (C=O) groups is 12. The molecule has 20 N–H and O–H groups in total. The lowest BCUT2D eigenvalue weighted by Gasteiger charge is -2.28. The van der Waals surface area contributed by atoms with E-state index in [9.17, 15) is 67.7 Å². The molecular formula is C59H99N13O15. The molecule has 0 aromatic heterocycles. The summed E-state index contributed by atoms with van der Waals surface area (Å²) < 4.78 is 5.25. The van der Waals surface area contributed by atoms with Crippen molar-refractivity contribution in [2.24, 2.45) is 57.8 Å². The van der Waals surface area contributed by atoms with E-state index in [0.717, 1.165) is 0 Å². The van der Waals surface area contributed by atoms with Gasteiger partial charge in [-0.15, -0.1) is 0 Å². The highest BCUT2D eigenvalue weighted by Crippen LogP contribution is 2.22. The van der Waals surface area contributed by atoms with Gasteiger partial charge >= 0.3 is 5.97 Å². The molecule has 1 aliphatic rings. The highest BCUT2D eigenvalue weighted by molar-refractivity contribution is 5.99. The van der Waals surface area contributed by atoms with E-state index in [0.29, 0.717) is 12.0 Å². The van der Waals surface area contributed by atoms with Crippen LogP contribution in [-0.2, 0) is 68.7 Å². The molecule has 2 unspecified atom stereocenters. The van der Waals surface area contributed by atoms with E-state index in [1.165, 1.54) is 13.8 Å². The Balaban J connectivity index is 2.67. The molecule has 8 amide bonds. The SMILES string of the molecule is CCC(C)(C)C(=O)OCCC(=O)N[C@@H](CCN)C(=O)C[C@H](C(=O)N[C@@H](CCN)C(=O)C[C@H]1CCNC(=O)[C@H](C(C)O)NC(=O)[C@H](CCN)CC(=O)[C@H](CCN)NC(=O)[C@H](CC(C)C)NC(=O)[C@@H](Cc2ccccc2)NC(=O)[C@H](CCN)NC1=O)C(C)O. The highest BCUT2D eigenvalue weighted by Gasteiger charge is 2.38. The third kappa shape index (κ3) is 26.6. The van der Waals surface area contributed by atoms with Crippen molar-refractivity contribution in [1.82, 2.24) is 42.5 Å². The number of rotatable bonds is 30. The Morgan fingerprint density at radius 1 is 0.655 bits per heavy atom. The van der Waals surface area contributed by atoms with Crippen LogP contribution < -0.4 is 71.2 Å². The average molecular weight is 1230 g/mol. The summed E-state index contributed by atoms with van der Waals surface area (Å²) in [6.07, 6.45) is -5.65. The molecule has 87 heavy (non-hydrogen) atoms. The van der Waals surface area contributed by atoms with Gasteiger partial charge in [-0.2, -0.15) is 0 Å². The van der Waals surface area contributed by atoms with Gasteiger partial charge in [0.05, 0.1) is 48.1 Å². The second-order valence-corrected chi connectivity index (χ2v) is 23.3. The summed E-state index contributed by atoms with van der Waals surface area (Å²) in [5, 5.41) is 42.6. The van der Waals surface area contributed by atoms with E-state index in [4.69, 9.17) is 33.4 Å². The van der Waals surface area contributed by atoms with E-state index in [1.54, 1.807) is 58.0 Å². The van der Waals surface area contributed by atoms with Gasteiger partial charge in [-0.3, -0.25) is 57.5 Å². The Labute approximate surface area is 510 Å². The minimum atomic E-state index is -1.64. The first-order valence-electron chi connectivity index (χ1n) is 30.1. The van der Waals surface area contributed by atoms with Crippen molar-refractivity contribution in [1.29, 1.82) is 0 Å². The van der Waals surface area contributed by atoms with Crippen molar-refractivity contribution >= 4 is 70.6 Å². The Bertz CT molecular complexity index is 2450. The fourth-order valence-corrected chi connectivity index (χ4v) is 9.49. The van der Waals surface area contributed by atoms with Crippen molar-refractivity contribution in [3.63, 3.8) is 0 Å². The van der Waals surface area contributed by atoms with Crippen LogP contribution >= 0.6 is 0 Å². The Morgan fingerprint density at radius 2 is 1.20 bits per heavy atom. The van der Waals surface area contributed by atoms with E-state index < -0.39 is 174 Å². The van der Waals surface area contributed by atoms with Crippen LogP contribution in [0.25, 0.3) is 0 Å². The molecule has 28 heteroatoms. The van der Waals surface area contributed by atoms with Crippen molar-refractivity contribution in [2.75, 3.05) is 45.9 Å². The second kappa shape index (κ2) is 39.2. The number of nitrogens with two attached hydrogens (primary N) is 5. The molecule has 1 aliphatic heterocycles. The maximum atomic E-state index is 14.6. The average Bonchev–Trinajstić information content (AvgIpc) is 2.86. The Hall–Kier alpha value is -6.82. The predicted octanol–water partition coefficient (Wildman–Crippen LogP) is -3.21. The van der Waals surface area contributed by atoms with Crippen LogP contribution in [0.1, 0.15) is 131 Å². The van der Waals surface area contributed by atoms with Crippen molar-refractivity contribution in [3.8, 4) is 0 Å². The number of amides is 8. The molecule has 1 aromatic rings. The molecule has 0 spiro atoms. The van der Waals surface area contributed by atoms with E-state index in [1.807, 2.05) is 6.92 Å². The normalized spacial score (nSPS) is 22.6. The molecule has 1 aromatic carbocycles. The first-order chi connectivity index (χ1) is 41.1. The number of Topliss-reactive ketones (excluding diaryl/α,β-unsaturated/α-hetero) is 3. The molecule has 0 radical (unpaired) electrons. The van der Waals surface area contributed by atoms with Gasteiger partial charge in [-0.25, -0.2) is 0 Å². The van der Waals surface area contributed by atoms with Crippen LogP contribution in [0.4, 0.5) is 0 Å². The molecule has 0 bridgehead atoms. The van der Waals surface area contributed by atoms with Crippen LogP contribution in [0.5, 0.6) is 0 Å². The molecule has 490 valence electrons. The van der Waals surface area contributed by atoms with Crippen LogP contribution in [0, 0.1) is 29.1 Å². The zero-order valence-electron chi connectivity index (χ0n) is 51.6. The summed E-state index contributed by atoms with van der Waals surface area (Å²) in [5.74, 6) is -13.7. The van der Waals surface area contributed by atoms with Gasteiger partial charge < -0.3 is 86.2 Å². The number of esters is 1. The summed E-state index contributed by atoms with van der Waals surface area (Å²) in [6, 6.07) is -1.09. The largest absolute Gasteiger partial charge is 0.465 e. The molecule has 12 atom stereocenters. The zero-order chi connectivity index (χ0) is 65.6. The molecule has 1 fully saturated rings. The quantitative estimate of drug-likeness (QED) is 0.0337. The highest BCUT2D eigenvalue weighted by atomic mass is 16.5. The summed E-state index contributed by atoms with van der Waals surface area (Å²) in [6.45, 7) is 9.98. The Kier molecular flexibility index (Phi) is 34.3. The number of aliphatic hydroxyl groups excluding tert-OH is 2. The smallest absolute Gasteiger partial charge is 0.311 e. The number of aliphatic hydroxyl groups is 2. The van der Waals surface area contributed by atoms with Crippen molar-refractivity contribution < 1.29 is 72.5 Å². The standard InChI is InChI=1S/C59H99N13O15/c1-8-59(6,7)58(86)87-27-20-49(78)66-40(15-22-61)48(77)32-39(34(4)73)53(81)67-41(16-23-62)47(76)31-38-19-26-65-57(85)50(35(5)74)72-52(80)37(14-21-60)30-46(75)42(17-24-63)68-55(83)44(28-33(2)3)70-56(84)45(29-36-12-10-9-11-13-36)71-54(82)43(18-25-64)69-51(38)79/h9-13,33-35,37-45,50,73-74H,8,14-32,60-64H2,1-7H3,(H,65,85)(H,66,78)(H,67,81)(H,68,83)(H,69,79)(H,70,84)(H,71,82)(H,72,80)/t34?,35?,37-,38-,39+,40+,41+,42+,43+,44+,45-,50+/m1/s1. The fraction of sp³-hybridized carbons (Fsp3) is 0.695. The van der Waals surface area contributed by atoms with Gasteiger partial charge in [0.15, 0.2) is 17.3 Å². The monoisotopic (exact) mass is 1230 g/mol. The van der Waals surface area contributed by atoms with Crippen LogP contribution in [-0.4, -0.2) is 181 Å². The number of hydrogen-bond acceptors (Lipinski definition) is 20. The lowest BCUT2D eigenvalue weighted by atomic mass is 9.90. The molecule has 0 aliphatic carbocycles. The van der Waals surface area contributed by atoms with Gasteiger partial charge in [0.2, 0.25) is 47.3 Å². The predicted molar refractivity (Wildman–Crippen MR) is 321 cm³/mol. The summed E-state index contributed by atoms with van der Waals surface area (Å²) in [4.78, 5) is 167. The minimum Gasteiger partial charge on any atom is -0.465 e. The fourth-order valence-electron chi connectivity index (χ4n) is 9.49. The lowest BCUT2D eigenvalue weighted by molar-refractivity contribution is -0.154. The molecule has 0 saturated carbocycles. The third-order valence-electron chi connectivity index (χ3n) is 15.2. The number of ether oxygens (including phenoxy) is 1. The maximum absolute atomic E-state index is 14.6. The van der Waals surface area contributed by atoms with Crippen LogP contribution in [0.15, 0.2) is 30.3 Å². The Morgan fingerprint density at radius 3 is 1.76 bits per heavy atom. The number of carbonyl (C=O) groups excluding carboxylic acids is 12. The topological polar surface area (TPSA) is 481 Å². The maximum Gasteiger partial charge on any atom is 0.311 e. The molecule has 28 nitrogen and oxygen atoms in total.